The molecule has 100 valence electrons. The van der Waals surface area contributed by atoms with Crippen molar-refractivity contribution in [2.24, 2.45) is 0 Å². The zero-order valence-electron chi connectivity index (χ0n) is 9.98. The van der Waals surface area contributed by atoms with Crippen LogP contribution in [0, 0.1) is 10.1 Å². The van der Waals surface area contributed by atoms with Crippen molar-refractivity contribution < 1.29 is 18.4 Å². The molecule has 0 saturated heterocycles. The number of aliphatic hydroxyl groups is 1. The van der Waals surface area contributed by atoms with Gasteiger partial charge in [-0.05, 0) is 19.1 Å². The Labute approximate surface area is 105 Å². The summed E-state index contributed by atoms with van der Waals surface area (Å²) in [5.74, 6) is 0. The lowest BCUT2D eigenvalue weighted by molar-refractivity contribution is -0.384. The van der Waals surface area contributed by atoms with Gasteiger partial charge in [-0.25, -0.2) is 8.42 Å². The molecule has 1 atom stereocenters. The van der Waals surface area contributed by atoms with Gasteiger partial charge in [0.15, 0.2) is 0 Å². The fraction of sp³-hybridized carbons (Fsp3) is 0.400. The van der Waals surface area contributed by atoms with Crippen LogP contribution in [0.5, 0.6) is 0 Å². The Morgan fingerprint density at radius 2 is 1.89 bits per heavy atom. The van der Waals surface area contributed by atoms with Crippen molar-refractivity contribution in [1.82, 2.24) is 4.31 Å². The first-order valence-corrected chi connectivity index (χ1v) is 6.58. The molecular formula is C10H14N2O5S. The van der Waals surface area contributed by atoms with Crippen LogP contribution >= 0.6 is 0 Å². The number of nitrogens with zero attached hydrogens (tertiary/aromatic N) is 2. The molecule has 1 unspecified atom stereocenters. The minimum atomic E-state index is -3.73. The standard InChI is InChI=1S/C10H14N2O5S/c1-8(13)7-11(2)18(16,17)10-5-3-9(4-6-10)12(14)15/h3-6,8,13H,7H2,1-2H3. The summed E-state index contributed by atoms with van der Waals surface area (Å²) in [5.41, 5.74) is -0.174. The lowest BCUT2D eigenvalue weighted by Gasteiger charge is -2.18. The predicted octanol–water partition coefficient (Wildman–Crippen LogP) is 0.596. The maximum Gasteiger partial charge on any atom is 0.269 e. The number of sulfonamides is 1. The molecule has 0 aliphatic carbocycles. The van der Waals surface area contributed by atoms with Gasteiger partial charge in [0.1, 0.15) is 0 Å². The summed E-state index contributed by atoms with van der Waals surface area (Å²) in [6, 6.07) is 4.60. The summed E-state index contributed by atoms with van der Waals surface area (Å²) in [6.07, 6.45) is -0.789. The van der Waals surface area contributed by atoms with E-state index in [1.807, 2.05) is 0 Å². The van der Waals surface area contributed by atoms with E-state index >= 15 is 0 Å². The second-order valence-electron chi connectivity index (χ2n) is 3.89. The molecule has 1 aromatic carbocycles. The number of benzene rings is 1. The summed E-state index contributed by atoms with van der Waals surface area (Å²) in [5, 5.41) is 19.6. The van der Waals surface area contributed by atoms with Crippen LogP contribution in [0.3, 0.4) is 0 Å². The van der Waals surface area contributed by atoms with Crippen molar-refractivity contribution in [2.45, 2.75) is 17.9 Å². The number of non-ortho nitro benzene ring substituents is 1. The fourth-order valence-corrected chi connectivity index (χ4v) is 2.64. The molecule has 1 rings (SSSR count). The van der Waals surface area contributed by atoms with Gasteiger partial charge in [-0.2, -0.15) is 4.31 Å². The summed E-state index contributed by atoms with van der Waals surface area (Å²) in [4.78, 5) is 9.81. The third-order valence-corrected chi connectivity index (χ3v) is 4.11. The molecule has 0 saturated carbocycles. The van der Waals surface area contributed by atoms with E-state index in [9.17, 15) is 18.5 Å². The van der Waals surface area contributed by atoms with Gasteiger partial charge in [0.05, 0.1) is 15.9 Å². The summed E-state index contributed by atoms with van der Waals surface area (Å²) in [6.45, 7) is 1.43. The summed E-state index contributed by atoms with van der Waals surface area (Å²) >= 11 is 0. The number of hydrogen-bond donors (Lipinski definition) is 1. The molecule has 0 heterocycles. The minimum absolute atomic E-state index is 0.0423. The van der Waals surface area contributed by atoms with E-state index in [1.54, 1.807) is 0 Å². The highest BCUT2D eigenvalue weighted by Gasteiger charge is 2.22. The topological polar surface area (TPSA) is 101 Å². The number of aliphatic hydroxyl groups excluding tert-OH is 1. The third-order valence-electron chi connectivity index (χ3n) is 2.28. The quantitative estimate of drug-likeness (QED) is 0.625. The largest absolute Gasteiger partial charge is 0.392 e. The average Bonchev–Trinajstić information content (AvgIpc) is 2.28. The molecule has 8 heteroatoms. The third kappa shape index (κ3) is 3.25. The Kier molecular flexibility index (Phi) is 4.38. The maximum absolute atomic E-state index is 12.0. The monoisotopic (exact) mass is 274 g/mol. The Morgan fingerprint density at radius 3 is 2.28 bits per heavy atom. The van der Waals surface area contributed by atoms with Gasteiger partial charge >= 0.3 is 0 Å². The number of rotatable bonds is 5. The van der Waals surface area contributed by atoms with E-state index in [0.29, 0.717) is 0 Å². The Bertz CT molecular complexity index is 524. The van der Waals surface area contributed by atoms with Gasteiger partial charge in [-0.1, -0.05) is 0 Å². The Morgan fingerprint density at radius 1 is 1.39 bits per heavy atom. The Hall–Kier alpha value is -1.51. The first-order valence-electron chi connectivity index (χ1n) is 5.14. The molecule has 0 spiro atoms. The molecule has 7 nitrogen and oxygen atoms in total. The van der Waals surface area contributed by atoms with Crippen molar-refractivity contribution in [3.63, 3.8) is 0 Å². The van der Waals surface area contributed by atoms with Gasteiger partial charge in [0.25, 0.3) is 5.69 Å². The van der Waals surface area contributed by atoms with Gasteiger partial charge in [0, 0.05) is 25.7 Å². The lowest BCUT2D eigenvalue weighted by atomic mass is 10.3. The van der Waals surface area contributed by atoms with Gasteiger partial charge < -0.3 is 5.11 Å². The van der Waals surface area contributed by atoms with Crippen LogP contribution in [0.1, 0.15) is 6.92 Å². The van der Waals surface area contributed by atoms with E-state index in [4.69, 9.17) is 5.11 Å². The van der Waals surface area contributed by atoms with Crippen LogP contribution < -0.4 is 0 Å². The van der Waals surface area contributed by atoms with E-state index in [0.717, 1.165) is 16.4 Å². The van der Waals surface area contributed by atoms with Crippen molar-refractivity contribution in [2.75, 3.05) is 13.6 Å². The molecule has 0 aliphatic rings. The molecule has 1 aromatic rings. The normalized spacial score (nSPS) is 13.6. The van der Waals surface area contributed by atoms with Crippen LogP contribution in [0.15, 0.2) is 29.2 Å². The summed E-state index contributed by atoms with van der Waals surface area (Å²) < 4.78 is 25.0. The average molecular weight is 274 g/mol. The van der Waals surface area contributed by atoms with Crippen molar-refractivity contribution in [1.29, 1.82) is 0 Å². The first-order chi connectivity index (χ1) is 8.25. The van der Waals surface area contributed by atoms with Crippen LogP contribution in [0.2, 0.25) is 0 Å². The molecule has 1 N–H and O–H groups in total. The molecule has 0 bridgehead atoms. The van der Waals surface area contributed by atoms with E-state index in [-0.39, 0.29) is 17.1 Å². The molecule has 18 heavy (non-hydrogen) atoms. The number of nitro groups is 1. The second kappa shape index (κ2) is 5.42. The number of likely N-dealkylation sites (N-methyl/N-ethyl adjacent to an activating group) is 1. The zero-order valence-corrected chi connectivity index (χ0v) is 10.8. The summed E-state index contributed by atoms with van der Waals surface area (Å²) in [7, 11) is -2.39. The molecular weight excluding hydrogens is 260 g/mol. The number of nitro benzene ring substituents is 1. The van der Waals surface area contributed by atoms with E-state index < -0.39 is 21.1 Å². The second-order valence-corrected chi connectivity index (χ2v) is 5.93. The van der Waals surface area contributed by atoms with Crippen LogP contribution in [0.25, 0.3) is 0 Å². The first kappa shape index (κ1) is 14.6. The molecule has 0 fully saturated rings. The lowest BCUT2D eigenvalue weighted by Crippen LogP contribution is -2.33. The minimum Gasteiger partial charge on any atom is -0.392 e. The van der Waals surface area contributed by atoms with Crippen molar-refractivity contribution >= 4 is 15.7 Å². The Balaban J connectivity index is 3.02. The van der Waals surface area contributed by atoms with Gasteiger partial charge in [-0.15, -0.1) is 0 Å². The highest BCUT2D eigenvalue weighted by molar-refractivity contribution is 7.89. The maximum atomic E-state index is 12.0. The highest BCUT2D eigenvalue weighted by atomic mass is 32.2. The predicted molar refractivity (Wildman–Crippen MR) is 64.6 cm³/mol. The van der Waals surface area contributed by atoms with Crippen molar-refractivity contribution in [3.8, 4) is 0 Å². The molecule has 0 aromatic heterocycles. The van der Waals surface area contributed by atoms with Crippen LogP contribution in [-0.4, -0.2) is 42.4 Å². The number of hydrogen-bond acceptors (Lipinski definition) is 5. The van der Waals surface area contributed by atoms with Crippen LogP contribution in [-0.2, 0) is 10.0 Å². The smallest absolute Gasteiger partial charge is 0.269 e. The zero-order chi connectivity index (χ0) is 13.9. The van der Waals surface area contributed by atoms with E-state index in [2.05, 4.69) is 0 Å². The van der Waals surface area contributed by atoms with Crippen molar-refractivity contribution in [3.05, 3.63) is 34.4 Å². The van der Waals surface area contributed by atoms with Crippen LogP contribution in [0.4, 0.5) is 5.69 Å². The van der Waals surface area contributed by atoms with Gasteiger partial charge in [0.2, 0.25) is 10.0 Å². The van der Waals surface area contributed by atoms with E-state index in [1.165, 1.54) is 26.1 Å². The molecule has 0 amide bonds. The molecule has 0 radical (unpaired) electrons. The highest BCUT2D eigenvalue weighted by Crippen LogP contribution is 2.18. The SMILES string of the molecule is CC(O)CN(C)S(=O)(=O)c1ccc([N+](=O)[O-])cc1. The fourth-order valence-electron chi connectivity index (χ4n) is 1.39. The molecule has 0 aliphatic heterocycles. The van der Waals surface area contributed by atoms with Gasteiger partial charge in [-0.3, -0.25) is 10.1 Å².